The number of carbonyl (C=O) groups excluding carboxylic acids is 1. The van der Waals surface area contributed by atoms with Crippen LogP contribution in [-0.2, 0) is 13.2 Å². The molecule has 4 heterocycles. The Hall–Kier alpha value is -3.49. The molecule has 3 aromatic heterocycles. The fourth-order valence-electron chi connectivity index (χ4n) is 2.82. The summed E-state index contributed by atoms with van der Waals surface area (Å²) in [5.41, 5.74) is 0.940. The van der Waals surface area contributed by atoms with Crippen molar-refractivity contribution in [2.75, 3.05) is 18.6 Å². The second kappa shape index (κ2) is 7.02. The van der Waals surface area contributed by atoms with Crippen LogP contribution < -0.4 is 14.4 Å². The lowest BCUT2D eigenvalue weighted by molar-refractivity contribution is 0.0960. The molecule has 0 bridgehead atoms. The Morgan fingerprint density at radius 2 is 2.07 bits per heavy atom. The van der Waals surface area contributed by atoms with Crippen molar-refractivity contribution in [2.24, 2.45) is 0 Å². The van der Waals surface area contributed by atoms with Gasteiger partial charge < -0.3 is 9.47 Å². The molecule has 4 rings (SSSR count). The average molecular weight is 369 g/mol. The van der Waals surface area contributed by atoms with Crippen LogP contribution >= 0.6 is 0 Å². The molecule has 0 unspecified atom stereocenters. The molecule has 0 saturated carbocycles. The van der Waals surface area contributed by atoms with Crippen LogP contribution in [0, 0.1) is 5.82 Å². The van der Waals surface area contributed by atoms with E-state index in [9.17, 15) is 9.18 Å². The summed E-state index contributed by atoms with van der Waals surface area (Å²) in [4.78, 5) is 22.3. The molecule has 138 valence electrons. The lowest BCUT2D eigenvalue weighted by Gasteiger charge is -2.26. The second-order valence-corrected chi connectivity index (χ2v) is 5.82. The van der Waals surface area contributed by atoms with Gasteiger partial charge in [0.2, 0.25) is 11.8 Å². The van der Waals surface area contributed by atoms with Crippen molar-refractivity contribution >= 4 is 11.7 Å². The number of ether oxygens (including phenoxy) is 2. The van der Waals surface area contributed by atoms with Crippen molar-refractivity contribution in [3.8, 4) is 11.8 Å². The van der Waals surface area contributed by atoms with Crippen molar-refractivity contribution in [2.45, 2.75) is 13.2 Å². The van der Waals surface area contributed by atoms with Gasteiger partial charge in [-0.3, -0.25) is 14.4 Å². The molecule has 3 aromatic rings. The topological polar surface area (TPSA) is 82.4 Å². The van der Waals surface area contributed by atoms with Gasteiger partial charge in [-0.1, -0.05) is 6.07 Å². The van der Waals surface area contributed by atoms with Crippen molar-refractivity contribution in [3.05, 3.63) is 59.8 Å². The van der Waals surface area contributed by atoms with Crippen LogP contribution in [0.1, 0.15) is 16.2 Å². The molecule has 0 aromatic carbocycles. The highest BCUT2D eigenvalue weighted by atomic mass is 19.1. The molecule has 0 atom stereocenters. The van der Waals surface area contributed by atoms with E-state index in [-0.39, 0.29) is 30.8 Å². The Balaban J connectivity index is 1.55. The SMILES string of the molecule is COc1ccc(F)c(N2CCn3nc(COc4ccccn4)cc3C2=O)n1. The van der Waals surface area contributed by atoms with Crippen molar-refractivity contribution < 1.29 is 18.7 Å². The summed E-state index contributed by atoms with van der Waals surface area (Å²) in [7, 11) is 1.44. The Morgan fingerprint density at radius 1 is 1.19 bits per heavy atom. The summed E-state index contributed by atoms with van der Waals surface area (Å²) < 4.78 is 26.4. The monoisotopic (exact) mass is 369 g/mol. The first-order valence-electron chi connectivity index (χ1n) is 8.28. The number of pyridine rings is 2. The number of fused-ring (bicyclic) bond motifs is 1. The number of rotatable bonds is 5. The first-order chi connectivity index (χ1) is 13.2. The number of carbonyl (C=O) groups is 1. The number of hydrogen-bond donors (Lipinski definition) is 0. The van der Waals surface area contributed by atoms with Crippen LogP contribution in [0.15, 0.2) is 42.6 Å². The minimum absolute atomic E-state index is 0.0573. The lowest BCUT2D eigenvalue weighted by atomic mass is 10.2. The third kappa shape index (κ3) is 3.31. The van der Waals surface area contributed by atoms with Crippen LogP contribution in [-0.4, -0.2) is 39.3 Å². The molecule has 8 nitrogen and oxygen atoms in total. The predicted octanol–water partition coefficient (Wildman–Crippen LogP) is 2.06. The van der Waals surface area contributed by atoms with E-state index in [1.54, 1.807) is 29.1 Å². The lowest BCUT2D eigenvalue weighted by Crippen LogP contribution is -2.41. The molecule has 1 aliphatic rings. The van der Waals surface area contributed by atoms with E-state index in [0.717, 1.165) is 0 Å². The molecule has 27 heavy (non-hydrogen) atoms. The van der Waals surface area contributed by atoms with Gasteiger partial charge in [0.15, 0.2) is 11.6 Å². The summed E-state index contributed by atoms with van der Waals surface area (Å²) in [6.45, 7) is 0.851. The third-order valence-electron chi connectivity index (χ3n) is 4.10. The van der Waals surface area contributed by atoms with E-state index in [1.807, 2.05) is 6.07 Å². The minimum atomic E-state index is -0.587. The summed E-state index contributed by atoms with van der Waals surface area (Å²) in [5.74, 6) is -0.312. The molecular formula is C18H16FN5O3. The molecule has 0 N–H and O–H groups in total. The molecule has 0 radical (unpaired) electrons. The van der Waals surface area contributed by atoms with Gasteiger partial charge in [0.05, 0.1) is 13.7 Å². The molecule has 0 fully saturated rings. The van der Waals surface area contributed by atoms with Gasteiger partial charge in [0, 0.05) is 24.9 Å². The van der Waals surface area contributed by atoms with Gasteiger partial charge in [-0.2, -0.15) is 10.1 Å². The highest BCUT2D eigenvalue weighted by molar-refractivity contribution is 6.05. The first-order valence-corrected chi connectivity index (χ1v) is 8.28. The Bertz CT molecular complexity index is 976. The predicted molar refractivity (Wildman–Crippen MR) is 93.2 cm³/mol. The highest BCUT2D eigenvalue weighted by Gasteiger charge is 2.30. The van der Waals surface area contributed by atoms with Crippen LogP contribution in [0.25, 0.3) is 0 Å². The zero-order valence-electron chi connectivity index (χ0n) is 14.5. The quantitative estimate of drug-likeness (QED) is 0.685. The summed E-state index contributed by atoms with van der Waals surface area (Å²) in [6, 6.07) is 9.62. The highest BCUT2D eigenvalue weighted by Crippen LogP contribution is 2.25. The smallest absolute Gasteiger partial charge is 0.277 e. The second-order valence-electron chi connectivity index (χ2n) is 5.82. The largest absolute Gasteiger partial charge is 0.481 e. The van der Waals surface area contributed by atoms with E-state index in [1.165, 1.54) is 24.1 Å². The van der Waals surface area contributed by atoms with Crippen LogP contribution in [0.4, 0.5) is 10.2 Å². The third-order valence-corrected chi connectivity index (χ3v) is 4.10. The van der Waals surface area contributed by atoms with Gasteiger partial charge in [0.25, 0.3) is 5.91 Å². The number of methoxy groups -OCH3 is 1. The normalized spacial score (nSPS) is 13.4. The molecule has 1 aliphatic heterocycles. The maximum absolute atomic E-state index is 14.2. The van der Waals surface area contributed by atoms with Gasteiger partial charge >= 0.3 is 0 Å². The maximum atomic E-state index is 14.2. The number of nitrogens with zero attached hydrogens (tertiary/aromatic N) is 5. The fourth-order valence-corrected chi connectivity index (χ4v) is 2.82. The summed E-state index contributed by atoms with van der Waals surface area (Å²) in [5, 5.41) is 4.38. The molecule has 9 heteroatoms. The Kier molecular flexibility index (Phi) is 4.41. The van der Waals surface area contributed by atoms with Crippen molar-refractivity contribution in [3.63, 3.8) is 0 Å². The van der Waals surface area contributed by atoms with E-state index in [0.29, 0.717) is 23.8 Å². The summed E-state index contributed by atoms with van der Waals surface area (Å²) in [6.07, 6.45) is 1.63. The van der Waals surface area contributed by atoms with Gasteiger partial charge in [-0.25, -0.2) is 9.37 Å². The maximum Gasteiger partial charge on any atom is 0.277 e. The van der Waals surface area contributed by atoms with Crippen molar-refractivity contribution in [1.29, 1.82) is 0 Å². The van der Waals surface area contributed by atoms with E-state index < -0.39 is 5.82 Å². The Morgan fingerprint density at radius 3 is 2.85 bits per heavy atom. The van der Waals surface area contributed by atoms with Gasteiger partial charge in [-0.05, 0) is 18.2 Å². The average Bonchev–Trinajstić information content (AvgIpc) is 3.12. The van der Waals surface area contributed by atoms with E-state index in [2.05, 4.69) is 15.1 Å². The fraction of sp³-hybridized carbons (Fsp3) is 0.222. The van der Waals surface area contributed by atoms with Crippen LogP contribution in [0.5, 0.6) is 11.8 Å². The van der Waals surface area contributed by atoms with E-state index >= 15 is 0 Å². The standard InChI is InChI=1S/C18H16FN5O3/c1-26-16-6-5-13(19)17(21-16)23-8-9-24-14(18(23)25)10-12(22-24)11-27-15-4-2-3-7-20-15/h2-7,10H,8-9,11H2,1H3. The number of aromatic nitrogens is 4. The zero-order chi connectivity index (χ0) is 18.8. The summed E-state index contributed by atoms with van der Waals surface area (Å²) >= 11 is 0. The number of hydrogen-bond acceptors (Lipinski definition) is 6. The van der Waals surface area contributed by atoms with Gasteiger partial charge in [-0.15, -0.1) is 0 Å². The number of halogens is 1. The zero-order valence-corrected chi connectivity index (χ0v) is 14.5. The van der Waals surface area contributed by atoms with Crippen LogP contribution in [0.2, 0.25) is 0 Å². The molecular weight excluding hydrogens is 353 g/mol. The molecule has 0 saturated heterocycles. The minimum Gasteiger partial charge on any atom is -0.481 e. The first kappa shape index (κ1) is 17.0. The van der Waals surface area contributed by atoms with Gasteiger partial charge in [0.1, 0.15) is 18.0 Å². The number of amides is 1. The Labute approximate surface area is 154 Å². The molecule has 0 aliphatic carbocycles. The van der Waals surface area contributed by atoms with Crippen LogP contribution in [0.3, 0.4) is 0 Å². The van der Waals surface area contributed by atoms with E-state index in [4.69, 9.17) is 9.47 Å². The molecule has 1 amide bonds. The molecule has 0 spiro atoms. The number of anilines is 1. The van der Waals surface area contributed by atoms with Crippen molar-refractivity contribution in [1.82, 2.24) is 19.7 Å².